The van der Waals surface area contributed by atoms with Crippen LogP contribution < -0.4 is 9.47 Å². The molecule has 1 aromatic carbocycles. The predicted octanol–water partition coefficient (Wildman–Crippen LogP) is 2.11. The van der Waals surface area contributed by atoms with Crippen LogP contribution in [-0.2, 0) is 11.2 Å². The van der Waals surface area contributed by atoms with E-state index in [9.17, 15) is 4.79 Å². The Morgan fingerprint density at radius 1 is 1.38 bits per heavy atom. The summed E-state index contributed by atoms with van der Waals surface area (Å²) in [5.41, 5.74) is 1.15. The van der Waals surface area contributed by atoms with Gasteiger partial charge in [0.05, 0.1) is 7.11 Å². The standard InChI is InChI=1S/C12H16O4/c1-3-4-9-5-6-10(11(7-9)15-2)16-8-12(13)14/h5-7H,3-4,8H2,1-2H3,(H,13,14). The molecule has 0 aromatic heterocycles. The van der Waals surface area contributed by atoms with E-state index in [2.05, 4.69) is 6.92 Å². The summed E-state index contributed by atoms with van der Waals surface area (Å²) in [5, 5.41) is 8.51. The molecular formula is C12H16O4. The molecule has 0 unspecified atom stereocenters. The van der Waals surface area contributed by atoms with E-state index < -0.39 is 5.97 Å². The van der Waals surface area contributed by atoms with E-state index in [-0.39, 0.29) is 6.61 Å². The van der Waals surface area contributed by atoms with Crippen molar-refractivity contribution >= 4 is 5.97 Å². The molecule has 0 aliphatic carbocycles. The first-order valence-corrected chi connectivity index (χ1v) is 5.19. The van der Waals surface area contributed by atoms with Gasteiger partial charge in [-0.3, -0.25) is 0 Å². The van der Waals surface area contributed by atoms with Crippen LogP contribution in [0.4, 0.5) is 0 Å². The highest BCUT2D eigenvalue weighted by atomic mass is 16.5. The van der Waals surface area contributed by atoms with Crippen molar-refractivity contribution < 1.29 is 19.4 Å². The maximum Gasteiger partial charge on any atom is 0.341 e. The molecule has 0 saturated carbocycles. The van der Waals surface area contributed by atoms with Gasteiger partial charge in [-0.15, -0.1) is 0 Å². The zero-order valence-electron chi connectivity index (χ0n) is 9.53. The van der Waals surface area contributed by atoms with Crippen LogP contribution in [-0.4, -0.2) is 24.8 Å². The number of carbonyl (C=O) groups is 1. The largest absolute Gasteiger partial charge is 0.493 e. The molecule has 4 heteroatoms. The van der Waals surface area contributed by atoms with Crippen molar-refractivity contribution in [1.82, 2.24) is 0 Å². The lowest BCUT2D eigenvalue weighted by Crippen LogP contribution is -2.10. The topological polar surface area (TPSA) is 55.8 Å². The van der Waals surface area contributed by atoms with Crippen molar-refractivity contribution in [1.29, 1.82) is 0 Å². The number of rotatable bonds is 6. The number of methoxy groups -OCH3 is 1. The Bertz CT molecular complexity index is 360. The molecule has 4 nitrogen and oxygen atoms in total. The zero-order valence-corrected chi connectivity index (χ0v) is 9.53. The molecule has 0 fully saturated rings. The van der Waals surface area contributed by atoms with Gasteiger partial charge in [0.15, 0.2) is 18.1 Å². The minimum Gasteiger partial charge on any atom is -0.493 e. The van der Waals surface area contributed by atoms with Crippen LogP contribution in [0.1, 0.15) is 18.9 Å². The lowest BCUT2D eigenvalue weighted by atomic mass is 10.1. The van der Waals surface area contributed by atoms with Gasteiger partial charge in [0.2, 0.25) is 0 Å². The summed E-state index contributed by atoms with van der Waals surface area (Å²) >= 11 is 0. The average Bonchev–Trinajstić information content (AvgIpc) is 2.27. The molecule has 1 N–H and O–H groups in total. The third-order valence-corrected chi connectivity index (χ3v) is 2.12. The average molecular weight is 224 g/mol. The van der Waals surface area contributed by atoms with Crippen LogP contribution in [0.2, 0.25) is 0 Å². The summed E-state index contributed by atoms with van der Waals surface area (Å²) in [6.45, 7) is 1.74. The zero-order chi connectivity index (χ0) is 12.0. The Hall–Kier alpha value is -1.71. The van der Waals surface area contributed by atoms with Gasteiger partial charge in [-0.25, -0.2) is 4.79 Å². The van der Waals surface area contributed by atoms with E-state index >= 15 is 0 Å². The molecule has 16 heavy (non-hydrogen) atoms. The van der Waals surface area contributed by atoms with Gasteiger partial charge in [-0.05, 0) is 24.1 Å². The van der Waals surface area contributed by atoms with Crippen molar-refractivity contribution in [3.63, 3.8) is 0 Å². The second-order valence-electron chi connectivity index (χ2n) is 3.42. The Balaban J connectivity index is 2.80. The quantitative estimate of drug-likeness (QED) is 0.804. The third kappa shape index (κ3) is 3.46. The van der Waals surface area contributed by atoms with Crippen molar-refractivity contribution in [2.45, 2.75) is 19.8 Å². The van der Waals surface area contributed by atoms with Gasteiger partial charge in [0, 0.05) is 0 Å². The monoisotopic (exact) mass is 224 g/mol. The highest BCUT2D eigenvalue weighted by molar-refractivity contribution is 5.68. The second kappa shape index (κ2) is 6.00. The van der Waals surface area contributed by atoms with Gasteiger partial charge >= 0.3 is 5.97 Å². The highest BCUT2D eigenvalue weighted by Gasteiger charge is 2.07. The Kier molecular flexibility index (Phi) is 4.64. The number of hydrogen-bond donors (Lipinski definition) is 1. The molecule has 0 aliphatic heterocycles. The molecule has 0 radical (unpaired) electrons. The van der Waals surface area contributed by atoms with Gasteiger partial charge in [0.25, 0.3) is 0 Å². The van der Waals surface area contributed by atoms with Gasteiger partial charge < -0.3 is 14.6 Å². The van der Waals surface area contributed by atoms with E-state index in [1.165, 1.54) is 0 Å². The fourth-order valence-electron chi connectivity index (χ4n) is 1.41. The summed E-state index contributed by atoms with van der Waals surface area (Å²) in [5.74, 6) is 0.0386. The molecule has 0 amide bonds. The van der Waals surface area contributed by atoms with E-state index in [4.69, 9.17) is 14.6 Å². The molecule has 0 bridgehead atoms. The van der Waals surface area contributed by atoms with E-state index in [0.717, 1.165) is 18.4 Å². The van der Waals surface area contributed by atoms with Crippen LogP contribution in [0.5, 0.6) is 11.5 Å². The van der Waals surface area contributed by atoms with Crippen LogP contribution in [0, 0.1) is 0 Å². The normalized spacial score (nSPS) is 9.88. The fourth-order valence-corrected chi connectivity index (χ4v) is 1.41. The van der Waals surface area contributed by atoms with Crippen molar-refractivity contribution in [2.24, 2.45) is 0 Å². The van der Waals surface area contributed by atoms with Crippen LogP contribution >= 0.6 is 0 Å². The van der Waals surface area contributed by atoms with E-state index in [0.29, 0.717) is 11.5 Å². The third-order valence-electron chi connectivity index (χ3n) is 2.12. The first-order chi connectivity index (χ1) is 7.67. The molecule has 1 rings (SSSR count). The van der Waals surface area contributed by atoms with Crippen molar-refractivity contribution in [2.75, 3.05) is 13.7 Å². The number of benzene rings is 1. The van der Waals surface area contributed by atoms with Gasteiger partial charge in [-0.2, -0.15) is 0 Å². The Morgan fingerprint density at radius 2 is 2.12 bits per heavy atom. The van der Waals surface area contributed by atoms with Crippen LogP contribution in [0.15, 0.2) is 18.2 Å². The second-order valence-corrected chi connectivity index (χ2v) is 3.42. The molecule has 0 atom stereocenters. The van der Waals surface area contributed by atoms with E-state index in [1.807, 2.05) is 12.1 Å². The first-order valence-electron chi connectivity index (χ1n) is 5.19. The number of carboxylic acid groups (broad SMARTS) is 1. The number of aryl methyl sites for hydroxylation is 1. The molecule has 0 spiro atoms. The summed E-state index contributed by atoms with van der Waals surface area (Å²) in [6, 6.07) is 5.54. The molecule has 0 heterocycles. The molecule has 1 aromatic rings. The Labute approximate surface area is 94.8 Å². The van der Waals surface area contributed by atoms with Crippen molar-refractivity contribution in [3.05, 3.63) is 23.8 Å². The van der Waals surface area contributed by atoms with Crippen molar-refractivity contribution in [3.8, 4) is 11.5 Å². The summed E-state index contributed by atoms with van der Waals surface area (Å²) in [6.07, 6.45) is 2.02. The number of ether oxygens (including phenoxy) is 2. The number of aliphatic carboxylic acids is 1. The van der Waals surface area contributed by atoms with Crippen LogP contribution in [0.3, 0.4) is 0 Å². The maximum absolute atomic E-state index is 10.4. The fraction of sp³-hybridized carbons (Fsp3) is 0.417. The maximum atomic E-state index is 10.4. The summed E-state index contributed by atoms with van der Waals surface area (Å²) in [4.78, 5) is 10.4. The van der Waals surface area contributed by atoms with Gasteiger partial charge in [0.1, 0.15) is 0 Å². The minimum absolute atomic E-state index is 0.358. The Morgan fingerprint density at radius 3 is 2.69 bits per heavy atom. The molecule has 88 valence electrons. The molecule has 0 saturated heterocycles. The first kappa shape index (κ1) is 12.4. The smallest absolute Gasteiger partial charge is 0.341 e. The SMILES string of the molecule is CCCc1ccc(OCC(=O)O)c(OC)c1. The van der Waals surface area contributed by atoms with Crippen LogP contribution in [0.25, 0.3) is 0 Å². The lowest BCUT2D eigenvalue weighted by molar-refractivity contribution is -0.139. The molecular weight excluding hydrogens is 208 g/mol. The van der Waals surface area contributed by atoms with E-state index in [1.54, 1.807) is 13.2 Å². The minimum atomic E-state index is -1.00. The van der Waals surface area contributed by atoms with Gasteiger partial charge in [-0.1, -0.05) is 19.4 Å². The number of hydrogen-bond acceptors (Lipinski definition) is 3. The summed E-state index contributed by atoms with van der Waals surface area (Å²) in [7, 11) is 1.54. The summed E-state index contributed by atoms with van der Waals surface area (Å²) < 4.78 is 10.2. The highest BCUT2D eigenvalue weighted by Crippen LogP contribution is 2.28. The lowest BCUT2D eigenvalue weighted by Gasteiger charge is -2.10. The molecule has 0 aliphatic rings. The predicted molar refractivity (Wildman–Crippen MR) is 60.1 cm³/mol. The number of carboxylic acids is 1.